The summed E-state index contributed by atoms with van der Waals surface area (Å²) in [6.45, 7) is 1.80. The van der Waals surface area contributed by atoms with Gasteiger partial charge >= 0.3 is 0 Å². The molecule has 0 unspecified atom stereocenters. The molecule has 5 nitrogen and oxygen atoms in total. The lowest BCUT2D eigenvalue weighted by molar-refractivity contribution is 0.0906. The third-order valence-electron chi connectivity index (χ3n) is 2.56. The van der Waals surface area contributed by atoms with Crippen molar-refractivity contribution in [3.05, 3.63) is 29.3 Å². The van der Waals surface area contributed by atoms with E-state index in [0.29, 0.717) is 12.2 Å². The highest BCUT2D eigenvalue weighted by Gasteiger charge is 2.16. The molecule has 18 heavy (non-hydrogen) atoms. The fourth-order valence-electron chi connectivity index (χ4n) is 1.45. The van der Waals surface area contributed by atoms with Gasteiger partial charge in [0.05, 0.1) is 17.5 Å². The standard InChI is InChI=1S/C12H14N2O3S/c1-2-8(7-15)13-12(16)9-6-10(17-14-9)11-4-3-5-18-11/h3-6,8,15H,2,7H2,1H3,(H,13,16)/t8-/m1/s1. The molecule has 0 fully saturated rings. The van der Waals surface area contributed by atoms with Crippen molar-refractivity contribution in [2.24, 2.45) is 0 Å². The van der Waals surface area contributed by atoms with Gasteiger partial charge in [-0.1, -0.05) is 18.1 Å². The van der Waals surface area contributed by atoms with Crippen LogP contribution >= 0.6 is 11.3 Å². The molecule has 1 atom stereocenters. The summed E-state index contributed by atoms with van der Waals surface area (Å²) in [6, 6.07) is 5.15. The van der Waals surface area contributed by atoms with Crippen LogP contribution in [0.25, 0.3) is 10.6 Å². The minimum atomic E-state index is -0.331. The molecule has 2 heterocycles. The Morgan fingerprint density at radius 3 is 3.11 bits per heavy atom. The average Bonchev–Trinajstić information content (AvgIpc) is 3.04. The third kappa shape index (κ3) is 2.77. The molecule has 2 N–H and O–H groups in total. The van der Waals surface area contributed by atoms with Gasteiger partial charge in [-0.15, -0.1) is 11.3 Å². The van der Waals surface area contributed by atoms with Crippen LogP contribution in [0.5, 0.6) is 0 Å². The van der Waals surface area contributed by atoms with E-state index in [9.17, 15) is 4.79 Å². The molecular weight excluding hydrogens is 252 g/mol. The Morgan fingerprint density at radius 2 is 2.50 bits per heavy atom. The second-order valence-corrected chi connectivity index (χ2v) is 4.76. The lowest BCUT2D eigenvalue weighted by Crippen LogP contribution is -2.37. The first-order valence-corrected chi connectivity index (χ1v) is 6.55. The van der Waals surface area contributed by atoms with Crippen molar-refractivity contribution in [2.45, 2.75) is 19.4 Å². The topological polar surface area (TPSA) is 75.4 Å². The number of aliphatic hydroxyl groups is 1. The van der Waals surface area contributed by atoms with Gasteiger partial charge in [0, 0.05) is 6.07 Å². The number of aliphatic hydroxyl groups excluding tert-OH is 1. The number of aromatic nitrogens is 1. The summed E-state index contributed by atoms with van der Waals surface area (Å²) in [4.78, 5) is 12.7. The van der Waals surface area contributed by atoms with E-state index in [1.165, 1.54) is 11.3 Å². The fraction of sp³-hybridized carbons (Fsp3) is 0.333. The van der Waals surface area contributed by atoms with Crippen molar-refractivity contribution < 1.29 is 14.4 Å². The van der Waals surface area contributed by atoms with Gasteiger partial charge in [0.1, 0.15) is 0 Å². The van der Waals surface area contributed by atoms with E-state index in [0.717, 1.165) is 4.88 Å². The molecule has 0 spiro atoms. The number of carbonyl (C=O) groups excluding carboxylic acids is 1. The van der Waals surface area contributed by atoms with Gasteiger partial charge in [0.2, 0.25) is 0 Å². The monoisotopic (exact) mass is 266 g/mol. The molecule has 0 aliphatic rings. The Bertz CT molecular complexity index is 503. The Labute approximate surface area is 108 Å². The molecule has 0 aromatic carbocycles. The van der Waals surface area contributed by atoms with Crippen LogP contribution in [-0.2, 0) is 0 Å². The highest BCUT2D eigenvalue weighted by molar-refractivity contribution is 7.13. The smallest absolute Gasteiger partial charge is 0.273 e. The highest BCUT2D eigenvalue weighted by Crippen LogP contribution is 2.25. The maximum absolute atomic E-state index is 11.8. The molecule has 0 aliphatic heterocycles. The predicted octanol–water partition coefficient (Wildman–Crippen LogP) is 1.90. The number of hydrogen-bond acceptors (Lipinski definition) is 5. The van der Waals surface area contributed by atoms with Crippen molar-refractivity contribution in [1.29, 1.82) is 0 Å². The largest absolute Gasteiger partial charge is 0.394 e. The van der Waals surface area contributed by atoms with Crippen molar-refractivity contribution in [3.63, 3.8) is 0 Å². The molecular formula is C12H14N2O3S. The van der Waals surface area contributed by atoms with Crippen molar-refractivity contribution in [1.82, 2.24) is 10.5 Å². The maximum atomic E-state index is 11.8. The fourth-order valence-corrected chi connectivity index (χ4v) is 2.13. The van der Waals surface area contributed by atoms with E-state index in [4.69, 9.17) is 9.63 Å². The number of carbonyl (C=O) groups is 1. The normalized spacial score (nSPS) is 12.3. The average molecular weight is 266 g/mol. The predicted molar refractivity (Wildman–Crippen MR) is 68.4 cm³/mol. The van der Waals surface area contributed by atoms with Crippen LogP contribution in [0.4, 0.5) is 0 Å². The van der Waals surface area contributed by atoms with Gasteiger partial charge in [-0.2, -0.15) is 0 Å². The van der Waals surface area contributed by atoms with E-state index in [1.807, 2.05) is 24.4 Å². The van der Waals surface area contributed by atoms with Crippen LogP contribution in [0.3, 0.4) is 0 Å². The zero-order valence-electron chi connectivity index (χ0n) is 9.92. The molecule has 2 rings (SSSR count). The number of amides is 1. The number of nitrogens with zero attached hydrogens (tertiary/aromatic N) is 1. The van der Waals surface area contributed by atoms with Crippen LogP contribution in [0.1, 0.15) is 23.8 Å². The van der Waals surface area contributed by atoms with E-state index in [1.54, 1.807) is 6.07 Å². The third-order valence-corrected chi connectivity index (χ3v) is 3.44. The first-order valence-electron chi connectivity index (χ1n) is 5.67. The summed E-state index contributed by atoms with van der Waals surface area (Å²) in [5.41, 5.74) is 0.227. The van der Waals surface area contributed by atoms with Crippen LogP contribution in [0.15, 0.2) is 28.1 Å². The molecule has 2 aromatic heterocycles. The minimum absolute atomic E-state index is 0.0854. The lowest BCUT2D eigenvalue weighted by Gasteiger charge is -2.11. The Kier molecular flexibility index (Phi) is 4.11. The second-order valence-electron chi connectivity index (χ2n) is 3.81. The molecule has 0 saturated heterocycles. The van der Waals surface area contributed by atoms with Gasteiger partial charge in [-0.25, -0.2) is 0 Å². The summed E-state index contributed by atoms with van der Waals surface area (Å²) in [6.07, 6.45) is 0.665. The van der Waals surface area contributed by atoms with Gasteiger partial charge in [-0.3, -0.25) is 4.79 Å². The summed E-state index contributed by atoms with van der Waals surface area (Å²) in [5, 5.41) is 17.4. The quantitative estimate of drug-likeness (QED) is 0.866. The number of nitrogens with one attached hydrogen (secondary N) is 1. The zero-order valence-corrected chi connectivity index (χ0v) is 10.7. The van der Waals surface area contributed by atoms with Crippen molar-refractivity contribution >= 4 is 17.2 Å². The van der Waals surface area contributed by atoms with Crippen LogP contribution in [-0.4, -0.2) is 28.8 Å². The Morgan fingerprint density at radius 1 is 1.67 bits per heavy atom. The van der Waals surface area contributed by atoms with Gasteiger partial charge in [0.15, 0.2) is 11.5 Å². The SMILES string of the molecule is CC[C@H](CO)NC(=O)c1cc(-c2cccs2)on1. The molecule has 0 radical (unpaired) electrons. The summed E-state index contributed by atoms with van der Waals surface area (Å²) in [7, 11) is 0. The van der Waals surface area contributed by atoms with Crippen molar-refractivity contribution in [3.8, 4) is 10.6 Å². The molecule has 6 heteroatoms. The Balaban J connectivity index is 2.08. The molecule has 96 valence electrons. The van der Waals surface area contributed by atoms with Crippen molar-refractivity contribution in [2.75, 3.05) is 6.61 Å². The number of rotatable bonds is 5. The van der Waals surface area contributed by atoms with Gasteiger partial charge in [0.25, 0.3) is 5.91 Å². The first-order chi connectivity index (χ1) is 8.74. The van der Waals surface area contributed by atoms with E-state index < -0.39 is 0 Å². The molecule has 0 aliphatic carbocycles. The Hall–Kier alpha value is -1.66. The second kappa shape index (κ2) is 5.79. The zero-order chi connectivity index (χ0) is 13.0. The van der Waals surface area contributed by atoms with Crippen LogP contribution < -0.4 is 5.32 Å². The first kappa shape index (κ1) is 12.8. The maximum Gasteiger partial charge on any atom is 0.273 e. The van der Waals surface area contributed by atoms with E-state index >= 15 is 0 Å². The van der Waals surface area contributed by atoms with E-state index in [2.05, 4.69) is 10.5 Å². The highest BCUT2D eigenvalue weighted by atomic mass is 32.1. The van der Waals surface area contributed by atoms with Gasteiger partial charge < -0.3 is 14.9 Å². The summed E-state index contributed by atoms with van der Waals surface area (Å²) < 4.78 is 5.12. The molecule has 0 saturated carbocycles. The lowest BCUT2D eigenvalue weighted by atomic mass is 10.2. The molecule has 0 bridgehead atoms. The number of thiophene rings is 1. The minimum Gasteiger partial charge on any atom is -0.394 e. The molecule has 2 aromatic rings. The van der Waals surface area contributed by atoms with Crippen LogP contribution in [0.2, 0.25) is 0 Å². The summed E-state index contributed by atoms with van der Waals surface area (Å²) in [5.74, 6) is 0.245. The summed E-state index contributed by atoms with van der Waals surface area (Å²) >= 11 is 1.52. The number of hydrogen-bond donors (Lipinski definition) is 2. The van der Waals surface area contributed by atoms with Crippen LogP contribution in [0, 0.1) is 0 Å². The van der Waals surface area contributed by atoms with Gasteiger partial charge in [-0.05, 0) is 17.9 Å². The van der Waals surface area contributed by atoms with E-state index in [-0.39, 0.29) is 24.2 Å². The molecule has 1 amide bonds.